The Balaban J connectivity index is 1.98. The number of hydrogen-bond donors (Lipinski definition) is 0. The molecule has 4 nitrogen and oxygen atoms in total. The van der Waals surface area contributed by atoms with Crippen molar-refractivity contribution in [2.45, 2.75) is 13.8 Å². The maximum atomic E-state index is 13.0. The molecule has 2 amide bonds. The molecular formula is C24H22Cl2N2O2. The van der Waals surface area contributed by atoms with Gasteiger partial charge in [0.1, 0.15) is 12.0 Å². The second-order valence-electron chi connectivity index (χ2n) is 6.86. The average molecular weight is 441 g/mol. The molecular weight excluding hydrogens is 419 g/mol. The van der Waals surface area contributed by atoms with Crippen LogP contribution < -0.4 is 9.80 Å². The summed E-state index contributed by atoms with van der Waals surface area (Å²) in [5.74, 6) is -0.370. The van der Waals surface area contributed by atoms with Gasteiger partial charge in [0.05, 0.1) is 0 Å². The smallest absolute Gasteiger partial charge is 0.259 e. The van der Waals surface area contributed by atoms with Crippen LogP contribution in [0, 0.1) is 13.8 Å². The molecule has 0 spiro atoms. The Bertz CT molecular complexity index is 955. The first-order chi connectivity index (χ1) is 14.5. The van der Waals surface area contributed by atoms with Gasteiger partial charge in [-0.05, 0) is 61.4 Å². The molecule has 0 bridgehead atoms. The molecule has 30 heavy (non-hydrogen) atoms. The molecule has 0 unspecified atom stereocenters. The molecule has 3 aromatic carbocycles. The van der Waals surface area contributed by atoms with Gasteiger partial charge in [0.2, 0.25) is 0 Å². The first-order valence-electron chi connectivity index (χ1n) is 9.45. The van der Waals surface area contributed by atoms with Crippen molar-refractivity contribution in [1.29, 1.82) is 0 Å². The average Bonchev–Trinajstić information content (AvgIpc) is 2.78. The third-order valence-corrected chi connectivity index (χ3v) is 5.35. The van der Waals surface area contributed by atoms with Crippen LogP contribution >= 0.6 is 23.2 Å². The standard InChI is InChI=1S/C24H22Cl2N2O2/c1-17-13-22(28(16-26)24(30)20-11-7-4-8-12-20)18(2)14-21(17)27(15-25)23(29)19-9-5-3-6-10-19/h3-14H,15-16H2,1-2H3. The number of rotatable bonds is 6. The van der Waals surface area contributed by atoms with Gasteiger partial charge in [-0.1, -0.05) is 36.4 Å². The summed E-state index contributed by atoms with van der Waals surface area (Å²) in [4.78, 5) is 29.0. The summed E-state index contributed by atoms with van der Waals surface area (Å²) in [5, 5.41) is 0. The molecule has 0 saturated carbocycles. The summed E-state index contributed by atoms with van der Waals surface area (Å²) in [7, 11) is 0. The monoisotopic (exact) mass is 440 g/mol. The van der Waals surface area contributed by atoms with Crippen molar-refractivity contribution in [2.75, 3.05) is 21.8 Å². The number of halogens is 2. The second kappa shape index (κ2) is 9.79. The van der Waals surface area contributed by atoms with Crippen LogP contribution in [0.1, 0.15) is 31.8 Å². The number of aryl methyl sites for hydroxylation is 2. The van der Waals surface area contributed by atoms with Gasteiger partial charge >= 0.3 is 0 Å². The van der Waals surface area contributed by atoms with Gasteiger partial charge in [0.15, 0.2) is 0 Å². The van der Waals surface area contributed by atoms with E-state index >= 15 is 0 Å². The quantitative estimate of drug-likeness (QED) is 0.348. The van der Waals surface area contributed by atoms with Crippen molar-refractivity contribution >= 4 is 46.4 Å². The molecule has 0 fully saturated rings. The van der Waals surface area contributed by atoms with E-state index in [9.17, 15) is 9.59 Å². The van der Waals surface area contributed by atoms with Crippen molar-refractivity contribution in [3.05, 3.63) is 95.1 Å². The van der Waals surface area contributed by atoms with E-state index in [1.54, 1.807) is 24.3 Å². The number of carbonyl (C=O) groups is 2. The van der Waals surface area contributed by atoms with E-state index in [-0.39, 0.29) is 23.8 Å². The lowest BCUT2D eigenvalue weighted by Gasteiger charge is -2.27. The van der Waals surface area contributed by atoms with E-state index < -0.39 is 0 Å². The minimum absolute atomic E-state index is 0.00945. The Kier molecular flexibility index (Phi) is 7.14. The van der Waals surface area contributed by atoms with Crippen molar-refractivity contribution < 1.29 is 9.59 Å². The second-order valence-corrected chi connectivity index (χ2v) is 7.34. The lowest BCUT2D eigenvalue weighted by Crippen LogP contribution is -2.32. The molecule has 0 N–H and O–H groups in total. The Labute approximate surface area is 186 Å². The zero-order chi connectivity index (χ0) is 21.7. The van der Waals surface area contributed by atoms with Gasteiger partial charge in [-0.25, -0.2) is 0 Å². The van der Waals surface area contributed by atoms with Gasteiger partial charge < -0.3 is 0 Å². The van der Waals surface area contributed by atoms with E-state index in [0.717, 1.165) is 11.1 Å². The third-order valence-electron chi connectivity index (χ3n) is 4.87. The van der Waals surface area contributed by atoms with Crippen molar-refractivity contribution in [1.82, 2.24) is 0 Å². The SMILES string of the molecule is Cc1cc(N(CCl)C(=O)c2ccccc2)c(C)cc1N(CCl)C(=O)c1ccccc1. The van der Waals surface area contributed by atoms with Crippen molar-refractivity contribution in [2.24, 2.45) is 0 Å². The minimum Gasteiger partial charge on any atom is -0.294 e. The van der Waals surface area contributed by atoms with Crippen LogP contribution in [0.3, 0.4) is 0 Å². The highest BCUT2D eigenvalue weighted by atomic mass is 35.5. The third kappa shape index (κ3) is 4.50. The topological polar surface area (TPSA) is 40.6 Å². The van der Waals surface area contributed by atoms with Crippen LogP contribution in [0.4, 0.5) is 11.4 Å². The highest BCUT2D eigenvalue weighted by Crippen LogP contribution is 2.32. The number of anilines is 2. The number of carbonyl (C=O) groups excluding carboxylic acids is 2. The molecule has 154 valence electrons. The summed E-state index contributed by atoms with van der Waals surface area (Å²) in [6.07, 6.45) is 0. The normalized spacial score (nSPS) is 10.5. The van der Waals surface area contributed by atoms with Gasteiger partial charge in [0, 0.05) is 22.5 Å². The lowest BCUT2D eigenvalue weighted by molar-refractivity contribution is 0.0982. The number of amides is 2. The number of hydrogen-bond acceptors (Lipinski definition) is 2. The maximum absolute atomic E-state index is 13.0. The molecule has 0 radical (unpaired) electrons. The van der Waals surface area contributed by atoms with E-state index in [0.29, 0.717) is 22.5 Å². The zero-order valence-electron chi connectivity index (χ0n) is 16.8. The molecule has 3 rings (SSSR count). The summed E-state index contributed by atoms with van der Waals surface area (Å²) < 4.78 is 0. The number of benzene rings is 3. The van der Waals surface area contributed by atoms with Crippen LogP contribution in [0.15, 0.2) is 72.8 Å². The summed E-state index contributed by atoms with van der Waals surface area (Å²) in [6.45, 7) is 3.77. The van der Waals surface area contributed by atoms with Crippen LogP contribution in [-0.4, -0.2) is 23.8 Å². The van der Waals surface area contributed by atoms with Gasteiger partial charge in [-0.3, -0.25) is 19.4 Å². The molecule has 6 heteroatoms. The summed E-state index contributed by atoms with van der Waals surface area (Å²) in [5.41, 5.74) is 4.14. The summed E-state index contributed by atoms with van der Waals surface area (Å²) >= 11 is 12.3. The number of alkyl halides is 2. The molecule has 0 aliphatic carbocycles. The molecule has 0 aromatic heterocycles. The Morgan fingerprint density at radius 1 is 0.667 bits per heavy atom. The van der Waals surface area contributed by atoms with E-state index in [2.05, 4.69) is 0 Å². The fraction of sp³-hybridized carbons (Fsp3) is 0.167. The molecule has 0 atom stereocenters. The Morgan fingerprint density at radius 2 is 1.00 bits per heavy atom. The Morgan fingerprint density at radius 3 is 1.30 bits per heavy atom. The van der Waals surface area contributed by atoms with Crippen molar-refractivity contribution in [3.8, 4) is 0 Å². The predicted octanol–water partition coefficient (Wildman–Crippen LogP) is 5.99. The first kappa shape index (κ1) is 21.9. The van der Waals surface area contributed by atoms with Crippen molar-refractivity contribution in [3.63, 3.8) is 0 Å². The fourth-order valence-electron chi connectivity index (χ4n) is 3.30. The maximum Gasteiger partial charge on any atom is 0.259 e. The van der Waals surface area contributed by atoms with Gasteiger partial charge in [0.25, 0.3) is 11.8 Å². The fourth-order valence-corrected chi connectivity index (χ4v) is 3.77. The van der Waals surface area contributed by atoms with Crippen LogP contribution in [0.5, 0.6) is 0 Å². The molecule has 0 heterocycles. The van der Waals surface area contributed by atoms with Crippen LogP contribution in [0.2, 0.25) is 0 Å². The van der Waals surface area contributed by atoms with Gasteiger partial charge in [-0.2, -0.15) is 0 Å². The lowest BCUT2D eigenvalue weighted by atomic mass is 10.0. The van der Waals surface area contributed by atoms with E-state index in [4.69, 9.17) is 23.2 Å². The van der Waals surface area contributed by atoms with Crippen LogP contribution in [0.25, 0.3) is 0 Å². The predicted molar refractivity (Wildman–Crippen MR) is 124 cm³/mol. The molecule has 0 saturated heterocycles. The van der Waals surface area contributed by atoms with E-state index in [1.165, 1.54) is 9.80 Å². The molecule has 3 aromatic rings. The molecule has 0 aliphatic rings. The minimum atomic E-state index is -0.185. The number of nitrogens with zero attached hydrogens (tertiary/aromatic N) is 2. The first-order valence-corrected chi connectivity index (χ1v) is 10.5. The van der Waals surface area contributed by atoms with Crippen LogP contribution in [-0.2, 0) is 0 Å². The zero-order valence-corrected chi connectivity index (χ0v) is 18.3. The highest BCUT2D eigenvalue weighted by Gasteiger charge is 2.23. The Hall–Kier alpha value is -2.82. The van der Waals surface area contributed by atoms with E-state index in [1.807, 2.05) is 62.4 Å². The summed E-state index contributed by atoms with van der Waals surface area (Å²) in [6, 6.07) is 21.7. The highest BCUT2D eigenvalue weighted by molar-refractivity contribution is 6.24. The molecule has 0 aliphatic heterocycles. The largest absolute Gasteiger partial charge is 0.294 e. The van der Waals surface area contributed by atoms with Gasteiger partial charge in [-0.15, -0.1) is 23.2 Å².